The quantitative estimate of drug-likeness (QED) is 0.359. The van der Waals surface area contributed by atoms with Gasteiger partial charge in [-0.05, 0) is 86.7 Å². The first kappa shape index (κ1) is 25.0. The Morgan fingerprint density at radius 3 is 2.49 bits per heavy atom. The molecule has 4 heteroatoms. The number of hydrogen-bond acceptors (Lipinski definition) is 3. The fourth-order valence-corrected chi connectivity index (χ4v) is 7.48. The summed E-state index contributed by atoms with van der Waals surface area (Å²) in [5.41, 5.74) is 10.2. The van der Waals surface area contributed by atoms with Crippen LogP contribution in [0.1, 0.15) is 67.6 Å². The zero-order valence-electron chi connectivity index (χ0n) is 23.3. The zero-order valence-corrected chi connectivity index (χ0v) is 23.3. The molecule has 3 aliphatic rings. The van der Waals surface area contributed by atoms with Gasteiger partial charge in [0.25, 0.3) is 0 Å². The number of ether oxygens (including phenoxy) is 1. The Kier molecular flexibility index (Phi) is 7.31. The van der Waals surface area contributed by atoms with Crippen molar-refractivity contribution < 1.29 is 4.74 Å². The standard InChI is InChI=1S/C33H45N3O/c1-24-12-14-29-30(20-24)35(17-16-34-15-7-8-26(22-34)23-37-3)18-19-36-31-21-25(2)11-13-28(31)32(33(29)36)27-9-5-4-6-10-27/h11-14,20-21,26-27H,4-10,15-19,22-23H2,1-3H3/t26-/m1/s1. The van der Waals surface area contributed by atoms with Crippen molar-refractivity contribution in [3.05, 3.63) is 53.1 Å². The van der Waals surface area contributed by atoms with Crippen molar-refractivity contribution in [1.29, 1.82) is 0 Å². The minimum Gasteiger partial charge on any atom is -0.384 e. The first-order valence-electron chi connectivity index (χ1n) is 14.8. The molecule has 1 aromatic heterocycles. The maximum atomic E-state index is 5.49. The van der Waals surface area contributed by atoms with E-state index in [0.29, 0.717) is 11.8 Å². The van der Waals surface area contributed by atoms with Crippen LogP contribution in [-0.4, -0.2) is 55.9 Å². The van der Waals surface area contributed by atoms with Gasteiger partial charge in [-0.25, -0.2) is 0 Å². The Hall–Kier alpha value is -2.30. The molecule has 1 atom stereocenters. The summed E-state index contributed by atoms with van der Waals surface area (Å²) in [5, 5.41) is 1.50. The Labute approximate surface area is 223 Å². The van der Waals surface area contributed by atoms with Crippen molar-refractivity contribution >= 4 is 16.6 Å². The highest BCUT2D eigenvalue weighted by Crippen LogP contribution is 2.47. The fraction of sp³-hybridized carbons (Fsp3) is 0.576. The summed E-state index contributed by atoms with van der Waals surface area (Å²) in [6.07, 6.45) is 9.41. The predicted octanol–water partition coefficient (Wildman–Crippen LogP) is 7.15. The smallest absolute Gasteiger partial charge is 0.0548 e. The molecule has 1 saturated carbocycles. The highest BCUT2D eigenvalue weighted by molar-refractivity contribution is 5.96. The highest BCUT2D eigenvalue weighted by atomic mass is 16.5. The van der Waals surface area contributed by atoms with E-state index in [1.54, 1.807) is 5.56 Å². The molecule has 6 rings (SSSR count). The molecule has 0 radical (unpaired) electrons. The molecule has 2 fully saturated rings. The van der Waals surface area contributed by atoms with Gasteiger partial charge in [0.2, 0.25) is 0 Å². The Morgan fingerprint density at radius 2 is 1.65 bits per heavy atom. The van der Waals surface area contributed by atoms with Crippen molar-refractivity contribution in [3.8, 4) is 11.3 Å². The summed E-state index contributed by atoms with van der Waals surface area (Å²) in [6.45, 7) is 12.2. The summed E-state index contributed by atoms with van der Waals surface area (Å²) < 4.78 is 8.18. The normalized spacial score (nSPS) is 21.2. The van der Waals surface area contributed by atoms with E-state index >= 15 is 0 Å². The van der Waals surface area contributed by atoms with Crippen LogP contribution in [0, 0.1) is 19.8 Å². The van der Waals surface area contributed by atoms with E-state index < -0.39 is 0 Å². The fourth-order valence-electron chi connectivity index (χ4n) is 7.48. The molecule has 0 bridgehead atoms. The number of benzene rings is 2. The topological polar surface area (TPSA) is 20.6 Å². The molecule has 37 heavy (non-hydrogen) atoms. The lowest BCUT2D eigenvalue weighted by molar-refractivity contribution is 0.0919. The molecule has 1 saturated heterocycles. The largest absolute Gasteiger partial charge is 0.384 e. The molecule has 4 nitrogen and oxygen atoms in total. The molecular weight excluding hydrogens is 454 g/mol. The van der Waals surface area contributed by atoms with Crippen LogP contribution in [-0.2, 0) is 11.3 Å². The van der Waals surface area contributed by atoms with Gasteiger partial charge in [0.1, 0.15) is 0 Å². The minimum absolute atomic E-state index is 0.682. The average molecular weight is 500 g/mol. The van der Waals surface area contributed by atoms with Gasteiger partial charge in [0.15, 0.2) is 0 Å². The summed E-state index contributed by atoms with van der Waals surface area (Å²) >= 11 is 0. The monoisotopic (exact) mass is 499 g/mol. The van der Waals surface area contributed by atoms with Crippen molar-refractivity contribution in [1.82, 2.24) is 9.47 Å². The van der Waals surface area contributed by atoms with Gasteiger partial charge < -0.3 is 19.1 Å². The number of methoxy groups -OCH3 is 1. The van der Waals surface area contributed by atoms with E-state index in [0.717, 1.165) is 32.8 Å². The van der Waals surface area contributed by atoms with E-state index in [-0.39, 0.29) is 0 Å². The van der Waals surface area contributed by atoms with Crippen LogP contribution in [0.15, 0.2) is 36.4 Å². The van der Waals surface area contributed by atoms with Crippen molar-refractivity contribution in [3.63, 3.8) is 0 Å². The third kappa shape index (κ3) is 4.95. The number of anilines is 1. The van der Waals surface area contributed by atoms with Crippen LogP contribution in [0.4, 0.5) is 5.69 Å². The maximum absolute atomic E-state index is 5.49. The van der Waals surface area contributed by atoms with Gasteiger partial charge in [-0.3, -0.25) is 0 Å². The van der Waals surface area contributed by atoms with Gasteiger partial charge in [-0.1, -0.05) is 43.5 Å². The van der Waals surface area contributed by atoms with Crippen LogP contribution in [0.2, 0.25) is 0 Å². The Bertz CT molecular complexity index is 1240. The molecule has 2 aliphatic heterocycles. The predicted molar refractivity (Wildman–Crippen MR) is 156 cm³/mol. The molecule has 0 spiro atoms. The SMILES string of the molecule is COC[C@@H]1CCCN(CCN2CCn3c(c(C4CCCCC4)c4ccc(C)cc43)-c3ccc(C)cc32)C1. The van der Waals surface area contributed by atoms with Crippen LogP contribution >= 0.6 is 0 Å². The Morgan fingerprint density at radius 1 is 0.838 bits per heavy atom. The summed E-state index contributed by atoms with van der Waals surface area (Å²) in [6, 6.07) is 14.4. The average Bonchev–Trinajstić information content (AvgIpc) is 3.13. The number of aryl methyl sites for hydroxylation is 2. The number of fused-ring (bicyclic) bond motifs is 5. The molecule has 0 N–H and O–H groups in total. The second kappa shape index (κ2) is 10.8. The third-order valence-electron chi connectivity index (χ3n) is 9.31. The number of nitrogens with zero attached hydrogens (tertiary/aromatic N) is 3. The minimum atomic E-state index is 0.682. The maximum Gasteiger partial charge on any atom is 0.0548 e. The van der Waals surface area contributed by atoms with Crippen molar-refractivity contribution in [2.75, 3.05) is 51.3 Å². The highest BCUT2D eigenvalue weighted by Gasteiger charge is 2.30. The van der Waals surface area contributed by atoms with Crippen molar-refractivity contribution in [2.45, 2.75) is 71.3 Å². The zero-order chi connectivity index (χ0) is 25.4. The van der Waals surface area contributed by atoms with Gasteiger partial charge in [-0.2, -0.15) is 0 Å². The second-order valence-corrected chi connectivity index (χ2v) is 12.0. The first-order valence-corrected chi connectivity index (χ1v) is 14.8. The third-order valence-corrected chi connectivity index (χ3v) is 9.31. The lowest BCUT2D eigenvalue weighted by Gasteiger charge is -2.34. The van der Waals surface area contributed by atoms with Crippen molar-refractivity contribution in [2.24, 2.45) is 5.92 Å². The molecule has 2 aromatic carbocycles. The number of aromatic nitrogens is 1. The van der Waals surface area contributed by atoms with Gasteiger partial charge in [0, 0.05) is 62.0 Å². The summed E-state index contributed by atoms with van der Waals surface area (Å²) in [5.74, 6) is 1.37. The lowest BCUT2D eigenvalue weighted by atomic mass is 9.81. The van der Waals surface area contributed by atoms with E-state index in [4.69, 9.17) is 4.74 Å². The second-order valence-electron chi connectivity index (χ2n) is 12.0. The first-order chi connectivity index (χ1) is 18.1. The molecule has 0 amide bonds. The van der Waals surface area contributed by atoms with Gasteiger partial charge in [0.05, 0.1) is 12.3 Å². The van der Waals surface area contributed by atoms with Crippen LogP contribution < -0.4 is 4.90 Å². The molecule has 3 heterocycles. The summed E-state index contributed by atoms with van der Waals surface area (Å²) in [4.78, 5) is 5.38. The number of piperidine rings is 1. The molecule has 3 aromatic rings. The molecular formula is C33H45N3O. The van der Waals surface area contributed by atoms with Gasteiger partial charge >= 0.3 is 0 Å². The van der Waals surface area contributed by atoms with E-state index in [2.05, 4.69) is 64.6 Å². The van der Waals surface area contributed by atoms with E-state index in [1.165, 1.54) is 97.0 Å². The van der Waals surface area contributed by atoms with Crippen LogP contribution in [0.3, 0.4) is 0 Å². The van der Waals surface area contributed by atoms with Gasteiger partial charge in [-0.15, -0.1) is 0 Å². The number of rotatable bonds is 6. The Balaban J connectivity index is 1.38. The van der Waals surface area contributed by atoms with Crippen LogP contribution in [0.25, 0.3) is 22.2 Å². The lowest BCUT2D eigenvalue weighted by Crippen LogP contribution is -2.42. The summed E-state index contributed by atoms with van der Waals surface area (Å²) in [7, 11) is 1.84. The van der Waals surface area contributed by atoms with E-state index in [1.807, 2.05) is 7.11 Å². The number of hydrogen-bond donors (Lipinski definition) is 0. The number of likely N-dealkylation sites (tertiary alicyclic amines) is 1. The van der Waals surface area contributed by atoms with E-state index in [9.17, 15) is 0 Å². The molecule has 1 aliphatic carbocycles. The molecule has 198 valence electrons. The molecule has 0 unspecified atom stereocenters. The van der Waals surface area contributed by atoms with Crippen LogP contribution in [0.5, 0.6) is 0 Å².